The lowest BCUT2D eigenvalue weighted by atomic mass is 9.89. The molecule has 1 amide bonds. The topological polar surface area (TPSA) is 74.6 Å². The maximum atomic E-state index is 14.9. The van der Waals surface area contributed by atoms with Crippen LogP contribution in [0, 0.1) is 17.1 Å². The largest absolute Gasteiger partial charge is 0.491 e. The molecule has 168 valence electrons. The van der Waals surface area contributed by atoms with E-state index in [2.05, 4.69) is 16.3 Å². The van der Waals surface area contributed by atoms with Crippen LogP contribution in [0.25, 0.3) is 11.1 Å². The molecule has 0 bridgehead atoms. The molecule has 0 radical (unpaired) electrons. The van der Waals surface area contributed by atoms with Gasteiger partial charge in [-0.1, -0.05) is 0 Å². The molecule has 0 atom stereocenters. The Balaban J connectivity index is 2.05. The van der Waals surface area contributed by atoms with Crippen molar-refractivity contribution in [2.24, 2.45) is 0 Å². The SMILES string of the molecule is CCN1CC(c2cc(NC(=O)OCCCl)ccc2F)=C(C#N)c2ccc(OC(C)C)cc21. The minimum atomic E-state index is -0.681. The van der Waals surface area contributed by atoms with Crippen LogP contribution in [0.4, 0.5) is 20.6 Å². The zero-order valence-corrected chi connectivity index (χ0v) is 19.0. The number of halogens is 2. The van der Waals surface area contributed by atoms with E-state index in [0.29, 0.717) is 41.2 Å². The van der Waals surface area contributed by atoms with Crippen molar-refractivity contribution in [1.82, 2.24) is 0 Å². The fourth-order valence-electron chi connectivity index (χ4n) is 3.60. The number of fused-ring (bicyclic) bond motifs is 1. The highest BCUT2D eigenvalue weighted by Gasteiger charge is 2.27. The number of allylic oxidation sites excluding steroid dienone is 1. The van der Waals surface area contributed by atoms with Crippen LogP contribution in [0.5, 0.6) is 5.75 Å². The Morgan fingerprint density at radius 1 is 1.28 bits per heavy atom. The predicted octanol–water partition coefficient (Wildman–Crippen LogP) is 5.67. The summed E-state index contributed by atoms with van der Waals surface area (Å²) in [5.41, 5.74) is 3.14. The van der Waals surface area contributed by atoms with Gasteiger partial charge in [0.1, 0.15) is 24.2 Å². The van der Waals surface area contributed by atoms with E-state index in [4.69, 9.17) is 21.1 Å². The summed E-state index contributed by atoms with van der Waals surface area (Å²) in [6, 6.07) is 12.0. The van der Waals surface area contributed by atoms with Crippen molar-refractivity contribution in [3.8, 4) is 11.8 Å². The lowest BCUT2D eigenvalue weighted by molar-refractivity contribution is 0.168. The van der Waals surface area contributed by atoms with E-state index in [9.17, 15) is 14.4 Å². The number of anilines is 2. The van der Waals surface area contributed by atoms with E-state index >= 15 is 0 Å². The molecule has 0 spiro atoms. The lowest BCUT2D eigenvalue weighted by Gasteiger charge is -2.33. The van der Waals surface area contributed by atoms with Gasteiger partial charge in [0, 0.05) is 47.2 Å². The fourth-order valence-corrected chi connectivity index (χ4v) is 3.67. The summed E-state index contributed by atoms with van der Waals surface area (Å²) in [6.45, 7) is 6.96. The highest BCUT2D eigenvalue weighted by atomic mass is 35.5. The summed E-state index contributed by atoms with van der Waals surface area (Å²) >= 11 is 5.53. The molecule has 0 saturated carbocycles. The number of amides is 1. The Bertz CT molecular complexity index is 1080. The number of nitrogens with one attached hydrogen (secondary N) is 1. The third-order valence-corrected chi connectivity index (χ3v) is 5.10. The summed E-state index contributed by atoms with van der Waals surface area (Å²) in [6.07, 6.45) is -0.659. The molecule has 32 heavy (non-hydrogen) atoms. The van der Waals surface area contributed by atoms with Gasteiger partial charge in [0.05, 0.1) is 17.6 Å². The lowest BCUT2D eigenvalue weighted by Crippen LogP contribution is -2.29. The number of hydrogen-bond donors (Lipinski definition) is 1. The molecule has 6 nitrogen and oxygen atoms in total. The van der Waals surface area contributed by atoms with Gasteiger partial charge in [-0.15, -0.1) is 11.6 Å². The Morgan fingerprint density at radius 3 is 2.72 bits per heavy atom. The van der Waals surface area contributed by atoms with Gasteiger partial charge in [-0.3, -0.25) is 5.32 Å². The number of carbonyl (C=O) groups excluding carboxylic acids is 1. The zero-order valence-electron chi connectivity index (χ0n) is 18.2. The van der Waals surface area contributed by atoms with Crippen molar-refractivity contribution in [1.29, 1.82) is 5.26 Å². The summed E-state index contributed by atoms with van der Waals surface area (Å²) in [4.78, 5) is 13.9. The van der Waals surface area contributed by atoms with Crippen molar-refractivity contribution in [3.63, 3.8) is 0 Å². The molecule has 3 rings (SSSR count). The van der Waals surface area contributed by atoms with E-state index in [0.717, 1.165) is 5.69 Å². The molecule has 0 fully saturated rings. The number of nitriles is 1. The predicted molar refractivity (Wildman–Crippen MR) is 125 cm³/mol. The smallest absolute Gasteiger partial charge is 0.411 e. The maximum absolute atomic E-state index is 14.9. The van der Waals surface area contributed by atoms with Gasteiger partial charge in [0.25, 0.3) is 0 Å². The van der Waals surface area contributed by atoms with Crippen molar-refractivity contribution >= 4 is 40.2 Å². The average Bonchev–Trinajstić information content (AvgIpc) is 2.77. The summed E-state index contributed by atoms with van der Waals surface area (Å²) in [5, 5.41) is 12.5. The molecule has 2 aromatic carbocycles. The number of nitrogens with zero attached hydrogens (tertiary/aromatic N) is 2. The van der Waals surface area contributed by atoms with Gasteiger partial charge < -0.3 is 14.4 Å². The summed E-state index contributed by atoms with van der Waals surface area (Å²) in [7, 11) is 0. The molecule has 1 heterocycles. The Hall–Kier alpha value is -3.24. The molecular formula is C24H25ClFN3O3. The fraction of sp³-hybridized carbons (Fsp3) is 0.333. The number of alkyl halides is 1. The first-order chi connectivity index (χ1) is 15.4. The van der Waals surface area contributed by atoms with Crippen molar-refractivity contribution in [3.05, 3.63) is 53.3 Å². The van der Waals surface area contributed by atoms with E-state index in [1.807, 2.05) is 39.0 Å². The third-order valence-electron chi connectivity index (χ3n) is 4.94. The molecule has 1 aliphatic heterocycles. The molecule has 1 N–H and O–H groups in total. The second kappa shape index (κ2) is 10.4. The minimum absolute atomic E-state index is 0.0220. The van der Waals surface area contributed by atoms with Crippen molar-refractivity contribution < 1.29 is 18.7 Å². The Kier molecular flexibility index (Phi) is 7.60. The van der Waals surface area contributed by atoms with Gasteiger partial charge in [0.15, 0.2) is 0 Å². The summed E-state index contributed by atoms with van der Waals surface area (Å²) < 4.78 is 25.6. The van der Waals surface area contributed by atoms with Crippen molar-refractivity contribution in [2.45, 2.75) is 26.9 Å². The number of ether oxygens (including phenoxy) is 2. The van der Waals surface area contributed by atoms with Crippen LogP contribution in [0.1, 0.15) is 31.9 Å². The second-order valence-electron chi connectivity index (χ2n) is 7.47. The van der Waals surface area contributed by atoms with Crippen LogP contribution in [0.3, 0.4) is 0 Å². The van der Waals surface area contributed by atoms with Gasteiger partial charge in [0.2, 0.25) is 0 Å². The normalized spacial score (nSPS) is 13.0. The molecule has 0 unspecified atom stereocenters. The van der Waals surface area contributed by atoms with Gasteiger partial charge in [-0.25, -0.2) is 9.18 Å². The summed E-state index contributed by atoms with van der Waals surface area (Å²) in [5.74, 6) is 0.411. The van der Waals surface area contributed by atoms with Gasteiger partial charge >= 0.3 is 6.09 Å². The number of carbonyl (C=O) groups is 1. The molecule has 2 aromatic rings. The first kappa shape index (κ1) is 23.4. The minimum Gasteiger partial charge on any atom is -0.491 e. The monoisotopic (exact) mass is 457 g/mol. The number of hydrogen-bond acceptors (Lipinski definition) is 5. The van der Waals surface area contributed by atoms with E-state index in [1.165, 1.54) is 18.2 Å². The highest BCUT2D eigenvalue weighted by Crippen LogP contribution is 2.41. The van der Waals surface area contributed by atoms with E-state index in [-0.39, 0.29) is 24.2 Å². The van der Waals surface area contributed by atoms with Crippen LogP contribution in [-0.2, 0) is 4.74 Å². The number of likely N-dealkylation sites (N-methyl/N-ethyl adjacent to an activating group) is 1. The molecule has 0 saturated heterocycles. The van der Waals surface area contributed by atoms with Crippen LogP contribution in [0.2, 0.25) is 0 Å². The third kappa shape index (κ3) is 5.14. The standard InChI is InChI=1S/C24H25ClFN3O3/c1-4-29-14-21(19-11-16(5-8-22(19)26)28-24(30)31-10-9-25)20(13-27)18-7-6-17(12-23(18)29)32-15(2)3/h5-8,11-12,15H,4,9-10,14H2,1-3H3,(H,28,30). The number of benzene rings is 2. The van der Waals surface area contributed by atoms with E-state index < -0.39 is 11.9 Å². The van der Waals surface area contributed by atoms with Gasteiger partial charge in [-0.05, 0) is 51.1 Å². The molecule has 0 aromatic heterocycles. The first-order valence-corrected chi connectivity index (χ1v) is 10.9. The Labute approximate surface area is 192 Å². The van der Waals surface area contributed by atoms with Gasteiger partial charge in [-0.2, -0.15) is 5.26 Å². The Morgan fingerprint density at radius 2 is 2.06 bits per heavy atom. The number of rotatable bonds is 7. The quantitative estimate of drug-likeness (QED) is 0.542. The van der Waals surface area contributed by atoms with Crippen molar-refractivity contribution in [2.75, 3.05) is 35.8 Å². The van der Waals surface area contributed by atoms with E-state index in [1.54, 1.807) is 0 Å². The van der Waals surface area contributed by atoms with Crippen LogP contribution < -0.4 is 15.0 Å². The molecule has 0 aliphatic carbocycles. The van der Waals surface area contributed by atoms with Crippen LogP contribution in [-0.4, -0.2) is 37.8 Å². The van der Waals surface area contributed by atoms with Crippen LogP contribution >= 0.6 is 11.6 Å². The van der Waals surface area contributed by atoms with Crippen LogP contribution in [0.15, 0.2) is 36.4 Å². The molecule has 1 aliphatic rings. The highest BCUT2D eigenvalue weighted by molar-refractivity contribution is 6.18. The zero-order chi connectivity index (χ0) is 23.3. The molecule has 8 heteroatoms. The molecular weight excluding hydrogens is 433 g/mol. The average molecular weight is 458 g/mol. The first-order valence-electron chi connectivity index (χ1n) is 10.4. The maximum Gasteiger partial charge on any atom is 0.411 e. The second-order valence-corrected chi connectivity index (χ2v) is 7.85.